The highest BCUT2D eigenvalue weighted by Gasteiger charge is 2.34. The highest BCUT2D eigenvalue weighted by atomic mass is 79.9. The number of hydrogen-bond acceptors (Lipinski definition) is 7. The Morgan fingerprint density at radius 3 is 2.67 bits per heavy atom. The fraction of sp³-hybridized carbons (Fsp3) is 0.100. The lowest BCUT2D eigenvalue weighted by Gasteiger charge is -2.16. The van der Waals surface area contributed by atoms with Crippen molar-refractivity contribution < 1.29 is 23.9 Å². The van der Waals surface area contributed by atoms with Gasteiger partial charge in [-0.2, -0.15) is 5.01 Å². The van der Waals surface area contributed by atoms with Crippen LogP contribution in [-0.4, -0.2) is 41.0 Å². The van der Waals surface area contributed by atoms with Crippen molar-refractivity contribution in [3.63, 3.8) is 0 Å². The summed E-state index contributed by atoms with van der Waals surface area (Å²) in [4.78, 5) is 36.9. The number of hydrogen-bond donors (Lipinski definition) is 2. The zero-order valence-corrected chi connectivity index (χ0v) is 21.4. The number of urea groups is 1. The minimum Gasteiger partial charge on any atom is -0.481 e. The molecule has 1 saturated heterocycles. The minimum absolute atomic E-state index is 0.127. The number of thioether (sulfide) groups is 1. The molecule has 13 heteroatoms. The number of nitrogens with one attached hydrogen (secondary N) is 2. The molecule has 0 aliphatic carbocycles. The van der Waals surface area contributed by atoms with Gasteiger partial charge < -0.3 is 14.8 Å². The van der Waals surface area contributed by atoms with Crippen molar-refractivity contribution in [3.05, 3.63) is 61.4 Å². The van der Waals surface area contributed by atoms with Gasteiger partial charge >= 0.3 is 12.0 Å². The zero-order chi connectivity index (χ0) is 24.1. The van der Waals surface area contributed by atoms with Crippen molar-refractivity contribution in [2.24, 2.45) is 0 Å². The van der Waals surface area contributed by atoms with E-state index in [4.69, 9.17) is 40.2 Å². The molecule has 1 fully saturated rings. The van der Waals surface area contributed by atoms with Gasteiger partial charge in [0.05, 0.1) is 22.1 Å². The third-order valence-corrected chi connectivity index (χ3v) is 6.55. The average molecular weight is 591 g/mol. The highest BCUT2D eigenvalue weighted by Crippen LogP contribution is 2.34. The van der Waals surface area contributed by atoms with E-state index in [2.05, 4.69) is 31.4 Å². The number of thiocarbonyl (C=S) groups is 1. The molecule has 1 heterocycles. The quantitative estimate of drug-likeness (QED) is 0.269. The number of ether oxygens (including phenoxy) is 2. The Morgan fingerprint density at radius 1 is 1.21 bits per heavy atom. The number of benzene rings is 2. The third-order valence-electron chi connectivity index (χ3n) is 4.02. The van der Waals surface area contributed by atoms with Crippen LogP contribution in [0.4, 0.5) is 10.5 Å². The summed E-state index contributed by atoms with van der Waals surface area (Å²) >= 11 is 21.4. The van der Waals surface area contributed by atoms with Crippen molar-refractivity contribution in [2.45, 2.75) is 0 Å². The van der Waals surface area contributed by atoms with Crippen LogP contribution in [0, 0.1) is 0 Å². The van der Waals surface area contributed by atoms with Crippen LogP contribution < -0.4 is 15.5 Å². The lowest BCUT2D eigenvalue weighted by Crippen LogP contribution is -2.46. The normalized spacial score (nSPS) is 14.4. The number of esters is 1. The molecule has 2 aromatic carbocycles. The van der Waals surface area contributed by atoms with Crippen molar-refractivity contribution in [3.8, 4) is 5.75 Å². The standard InChI is InChI=1S/C20H14BrCl2N3O5S2/c1-30-17(27)9-31-15-5-2-11(21)6-10(15)7-16-18(28)26(20(32)33-16)25-19(29)24-12-3-4-13(22)14(23)8-12/h2-8H,9H2,1H3,(H2,24,25,29)/b16-7+. The maximum atomic E-state index is 12.9. The van der Waals surface area contributed by atoms with E-state index in [0.29, 0.717) is 22.0 Å². The molecule has 0 unspecified atom stereocenters. The summed E-state index contributed by atoms with van der Waals surface area (Å²) in [6, 6.07) is 8.93. The third kappa shape index (κ3) is 6.61. The van der Waals surface area contributed by atoms with Crippen LogP contribution >= 0.6 is 63.1 Å². The maximum Gasteiger partial charge on any atom is 0.343 e. The molecule has 0 spiro atoms. The number of anilines is 1. The van der Waals surface area contributed by atoms with Gasteiger partial charge in [-0.1, -0.05) is 50.9 Å². The smallest absolute Gasteiger partial charge is 0.343 e. The minimum atomic E-state index is -0.699. The van der Waals surface area contributed by atoms with Crippen LogP contribution in [0.25, 0.3) is 6.08 Å². The lowest BCUT2D eigenvalue weighted by molar-refractivity contribution is -0.142. The summed E-state index contributed by atoms with van der Waals surface area (Å²) in [5.41, 5.74) is 3.30. The summed E-state index contributed by atoms with van der Waals surface area (Å²) in [7, 11) is 1.25. The van der Waals surface area contributed by atoms with Crippen LogP contribution in [0.2, 0.25) is 10.0 Å². The van der Waals surface area contributed by atoms with Crippen molar-refractivity contribution >= 4 is 97.1 Å². The van der Waals surface area contributed by atoms with Gasteiger partial charge in [-0.3, -0.25) is 4.79 Å². The molecular weight excluding hydrogens is 577 g/mol. The maximum absolute atomic E-state index is 12.9. The lowest BCUT2D eigenvalue weighted by atomic mass is 10.2. The second-order valence-electron chi connectivity index (χ2n) is 6.26. The Labute approximate surface area is 216 Å². The number of amides is 3. The molecule has 0 saturated carbocycles. The molecule has 8 nitrogen and oxygen atoms in total. The summed E-state index contributed by atoms with van der Waals surface area (Å²) in [5.74, 6) is -0.722. The van der Waals surface area contributed by atoms with Crippen LogP contribution in [0.5, 0.6) is 5.75 Å². The average Bonchev–Trinajstić information content (AvgIpc) is 3.02. The molecule has 172 valence electrons. The van der Waals surface area contributed by atoms with Gasteiger partial charge in [0.1, 0.15) is 5.75 Å². The monoisotopic (exact) mass is 589 g/mol. The van der Waals surface area contributed by atoms with Crippen molar-refractivity contribution in [1.29, 1.82) is 0 Å². The number of carbonyl (C=O) groups excluding carboxylic acids is 3. The number of carbonyl (C=O) groups is 3. The summed E-state index contributed by atoms with van der Waals surface area (Å²) in [5, 5.41) is 4.10. The fourth-order valence-corrected chi connectivity index (χ4v) is 4.35. The number of nitrogens with zero attached hydrogens (tertiary/aromatic N) is 1. The van der Waals surface area contributed by atoms with Crippen molar-refractivity contribution in [1.82, 2.24) is 10.4 Å². The van der Waals surface area contributed by atoms with Crippen LogP contribution in [0.3, 0.4) is 0 Å². The van der Waals surface area contributed by atoms with E-state index < -0.39 is 17.9 Å². The SMILES string of the molecule is COC(=O)COc1ccc(Br)cc1/C=C1/SC(=S)N(NC(=O)Nc2ccc(Cl)c(Cl)c2)C1=O. The number of methoxy groups -OCH3 is 1. The Balaban J connectivity index is 1.74. The first-order chi connectivity index (χ1) is 15.7. The largest absolute Gasteiger partial charge is 0.481 e. The molecule has 3 amide bonds. The van der Waals surface area contributed by atoms with E-state index in [0.717, 1.165) is 21.2 Å². The van der Waals surface area contributed by atoms with Crippen molar-refractivity contribution in [2.75, 3.05) is 19.0 Å². The van der Waals surface area contributed by atoms with E-state index in [9.17, 15) is 14.4 Å². The summed E-state index contributed by atoms with van der Waals surface area (Å²) < 4.78 is 10.9. The first-order valence-electron chi connectivity index (χ1n) is 8.97. The Morgan fingerprint density at radius 2 is 1.97 bits per heavy atom. The molecule has 1 aliphatic heterocycles. The van der Waals surface area contributed by atoms with Gasteiger partial charge in [0.15, 0.2) is 10.9 Å². The van der Waals surface area contributed by atoms with Gasteiger partial charge in [0, 0.05) is 15.7 Å². The highest BCUT2D eigenvalue weighted by molar-refractivity contribution is 9.10. The molecule has 33 heavy (non-hydrogen) atoms. The van der Waals surface area contributed by atoms with E-state index >= 15 is 0 Å². The second-order valence-corrected chi connectivity index (χ2v) is 9.66. The Kier molecular flexibility index (Phi) is 8.60. The van der Waals surface area contributed by atoms with Crippen LogP contribution in [0.1, 0.15) is 5.56 Å². The van der Waals surface area contributed by atoms with E-state index in [1.54, 1.807) is 30.3 Å². The van der Waals surface area contributed by atoms with E-state index in [1.165, 1.54) is 19.2 Å². The molecular formula is C20H14BrCl2N3O5S2. The first kappa shape index (κ1) is 25.3. The van der Waals surface area contributed by atoms with Crippen LogP contribution in [0.15, 0.2) is 45.8 Å². The van der Waals surface area contributed by atoms with E-state index in [1.807, 2.05) is 0 Å². The van der Waals surface area contributed by atoms with Gasteiger partial charge in [0.2, 0.25) is 0 Å². The first-order valence-corrected chi connectivity index (χ1v) is 11.7. The summed E-state index contributed by atoms with van der Waals surface area (Å²) in [6.45, 7) is -0.295. The molecule has 1 aliphatic rings. The van der Waals surface area contributed by atoms with Gasteiger partial charge in [-0.05, 0) is 54.7 Å². The number of hydrazine groups is 1. The molecule has 2 N–H and O–H groups in total. The van der Waals surface area contributed by atoms with Crippen LogP contribution in [-0.2, 0) is 14.3 Å². The molecule has 0 atom stereocenters. The fourth-order valence-electron chi connectivity index (χ4n) is 2.50. The Bertz CT molecular complexity index is 1180. The number of halogens is 3. The van der Waals surface area contributed by atoms with Gasteiger partial charge in [-0.15, -0.1) is 0 Å². The molecule has 0 radical (unpaired) electrons. The molecule has 0 bridgehead atoms. The summed E-state index contributed by atoms with van der Waals surface area (Å²) in [6.07, 6.45) is 1.55. The Hall–Kier alpha value is -2.31. The van der Waals surface area contributed by atoms with E-state index in [-0.39, 0.29) is 20.9 Å². The predicted molar refractivity (Wildman–Crippen MR) is 135 cm³/mol. The zero-order valence-electron chi connectivity index (χ0n) is 16.7. The van der Waals surface area contributed by atoms with Gasteiger partial charge in [0.25, 0.3) is 5.91 Å². The molecule has 3 rings (SSSR count). The second kappa shape index (κ2) is 11.2. The molecule has 0 aromatic heterocycles. The molecule has 2 aromatic rings. The van der Waals surface area contributed by atoms with Gasteiger partial charge in [-0.25, -0.2) is 15.0 Å². The topological polar surface area (TPSA) is 97.0 Å². The number of rotatable bonds is 6. The predicted octanol–water partition coefficient (Wildman–Crippen LogP) is 5.25.